The van der Waals surface area contributed by atoms with Crippen LogP contribution in [0, 0.1) is 13.8 Å². The second kappa shape index (κ2) is 16.1. The average Bonchev–Trinajstić information content (AvgIpc) is 3.89. The Bertz CT molecular complexity index is 2060. The molecule has 1 amide bonds. The highest BCUT2D eigenvalue weighted by Gasteiger charge is 2.18. The maximum absolute atomic E-state index is 13.0. The summed E-state index contributed by atoms with van der Waals surface area (Å²) in [5, 5.41) is 34.7. The van der Waals surface area contributed by atoms with Gasteiger partial charge in [0, 0.05) is 31.2 Å². The molecule has 14 nitrogen and oxygen atoms in total. The maximum Gasteiger partial charge on any atom is 0.335 e. The van der Waals surface area contributed by atoms with Crippen molar-refractivity contribution in [1.82, 2.24) is 50.6 Å². The van der Waals surface area contributed by atoms with Crippen LogP contribution in [-0.2, 0) is 4.74 Å². The van der Waals surface area contributed by atoms with Crippen molar-refractivity contribution in [2.75, 3.05) is 32.8 Å². The minimum absolute atomic E-state index is 0.0233. The molecule has 0 spiro atoms. The number of morpholine rings is 1. The van der Waals surface area contributed by atoms with Gasteiger partial charge in [-0.1, -0.05) is 59.7 Å². The van der Waals surface area contributed by atoms with Crippen LogP contribution in [0.1, 0.15) is 38.8 Å². The summed E-state index contributed by atoms with van der Waals surface area (Å²) in [5.41, 5.74) is 8.17. The molecule has 14 heteroatoms. The van der Waals surface area contributed by atoms with Crippen molar-refractivity contribution in [3.63, 3.8) is 0 Å². The average molecular weight is 687 g/mol. The third-order valence-corrected chi connectivity index (χ3v) is 8.35. The summed E-state index contributed by atoms with van der Waals surface area (Å²) >= 11 is 0. The van der Waals surface area contributed by atoms with E-state index in [1.807, 2.05) is 62.4 Å². The molecule has 4 aromatic carbocycles. The highest BCUT2D eigenvalue weighted by atomic mass is 16.5. The van der Waals surface area contributed by atoms with E-state index in [4.69, 9.17) is 4.74 Å². The third-order valence-electron chi connectivity index (χ3n) is 8.35. The Hall–Kier alpha value is -6.12. The van der Waals surface area contributed by atoms with E-state index in [0.717, 1.165) is 66.4 Å². The molecule has 1 atom stereocenters. The van der Waals surface area contributed by atoms with Gasteiger partial charge in [0.1, 0.15) is 12.7 Å². The summed E-state index contributed by atoms with van der Waals surface area (Å²) in [6, 6.07) is 26.9. The lowest BCUT2D eigenvalue weighted by Gasteiger charge is -2.29. The topological polar surface area (TPSA) is 166 Å². The maximum atomic E-state index is 13.0. The number of nitrogens with one attached hydrogen (secondary N) is 1. The Morgan fingerprint density at radius 2 is 1.22 bits per heavy atom. The quantitative estimate of drug-likeness (QED) is 0.221. The van der Waals surface area contributed by atoms with Crippen molar-refractivity contribution in [2.45, 2.75) is 26.8 Å². The van der Waals surface area contributed by atoms with Crippen molar-refractivity contribution < 1.29 is 19.4 Å². The van der Waals surface area contributed by atoms with Crippen LogP contribution in [0.5, 0.6) is 0 Å². The summed E-state index contributed by atoms with van der Waals surface area (Å²) in [4.78, 5) is 26.6. The van der Waals surface area contributed by atoms with Crippen LogP contribution in [0.3, 0.4) is 0 Å². The first-order valence-corrected chi connectivity index (χ1v) is 16.5. The molecule has 0 unspecified atom stereocenters. The largest absolute Gasteiger partial charge is 0.478 e. The normalized spacial score (nSPS) is 13.5. The van der Waals surface area contributed by atoms with Gasteiger partial charge in [-0.05, 0) is 100 Å². The molecule has 7 rings (SSSR count). The number of aromatic carboxylic acids is 1. The lowest BCUT2D eigenvalue weighted by Crippen LogP contribution is -2.46. The van der Waals surface area contributed by atoms with Gasteiger partial charge >= 0.3 is 5.97 Å². The van der Waals surface area contributed by atoms with Gasteiger partial charge in [0.05, 0.1) is 30.2 Å². The number of tetrazole rings is 2. The molecule has 2 aromatic heterocycles. The van der Waals surface area contributed by atoms with Crippen LogP contribution in [0.2, 0.25) is 0 Å². The molecule has 260 valence electrons. The zero-order chi connectivity index (χ0) is 35.7. The van der Waals surface area contributed by atoms with Gasteiger partial charge in [0.15, 0.2) is 0 Å². The molecule has 6 aromatic rings. The first kappa shape index (κ1) is 34.7. The van der Waals surface area contributed by atoms with Gasteiger partial charge < -0.3 is 15.2 Å². The van der Waals surface area contributed by atoms with Crippen molar-refractivity contribution >= 4 is 11.9 Å². The third kappa shape index (κ3) is 9.12. The van der Waals surface area contributed by atoms with E-state index >= 15 is 0 Å². The molecular weight excluding hydrogens is 648 g/mol. The fraction of sp³-hybridized carbons (Fsp3) is 0.243. The molecule has 0 aliphatic carbocycles. The number of aromatic nitrogens is 8. The van der Waals surface area contributed by atoms with Gasteiger partial charge in [-0.2, -0.15) is 0 Å². The molecule has 51 heavy (non-hydrogen) atoms. The number of carboxylic acid groups (broad SMARTS) is 1. The molecule has 0 bridgehead atoms. The van der Waals surface area contributed by atoms with E-state index in [2.05, 4.69) is 72.5 Å². The van der Waals surface area contributed by atoms with E-state index in [9.17, 15) is 14.7 Å². The van der Waals surface area contributed by atoms with Crippen LogP contribution in [-0.4, -0.2) is 101 Å². The summed E-state index contributed by atoms with van der Waals surface area (Å²) in [5.74, 6) is -1.10. The fourth-order valence-corrected chi connectivity index (χ4v) is 5.65. The number of carbonyl (C=O) groups excluding carboxylic acids is 1. The second-order valence-corrected chi connectivity index (χ2v) is 12.4. The number of nitrogens with zero attached hydrogens (tertiary/aromatic N) is 9. The van der Waals surface area contributed by atoms with Gasteiger partial charge in [-0.3, -0.25) is 9.69 Å². The smallest absolute Gasteiger partial charge is 0.335 e. The fourth-order valence-electron chi connectivity index (χ4n) is 5.65. The highest BCUT2D eigenvalue weighted by Crippen LogP contribution is 2.26. The molecule has 1 saturated heterocycles. The standard InChI is InChI=1S/C22H26N6O2.C15H12N4O2/c1-16-3-5-18(6-4-16)19-11-20(13-21(12-19)28-15-23-25-26-28)22(29)24-17(2)14-27-7-9-30-10-8-27;1-10-2-4-11(5-3-10)12-6-13(15(20)21)8-14(7-12)19-9-16-17-18-19/h3-6,11-13,15,17H,7-10,14H2,1-2H3,(H,24,29);2-9H,1H3,(H,20,21)/t17-;/m1./s1. The zero-order valence-electron chi connectivity index (χ0n) is 28.5. The zero-order valence-corrected chi connectivity index (χ0v) is 28.5. The lowest BCUT2D eigenvalue weighted by atomic mass is 10.0. The SMILES string of the molecule is Cc1ccc(-c2cc(C(=O)N[C@H](C)CN3CCOCC3)cc(-n3cnnn3)c2)cc1.Cc1ccc(-c2cc(C(=O)O)cc(-n3cnnn3)c2)cc1. The molecule has 1 aliphatic heterocycles. The molecule has 3 heterocycles. The Labute approximate surface area is 294 Å². The summed E-state index contributed by atoms with van der Waals surface area (Å²) in [6.45, 7) is 10.2. The summed E-state index contributed by atoms with van der Waals surface area (Å²) < 4.78 is 8.39. The van der Waals surface area contributed by atoms with E-state index in [0.29, 0.717) is 11.3 Å². The van der Waals surface area contributed by atoms with Crippen molar-refractivity contribution in [1.29, 1.82) is 0 Å². The van der Waals surface area contributed by atoms with E-state index in [1.54, 1.807) is 10.7 Å². The number of benzene rings is 4. The van der Waals surface area contributed by atoms with Crippen LogP contribution in [0.4, 0.5) is 0 Å². The van der Waals surface area contributed by atoms with Crippen LogP contribution in [0.25, 0.3) is 33.6 Å². The molecule has 1 aliphatic rings. The number of hydrogen-bond donors (Lipinski definition) is 2. The predicted molar refractivity (Wildman–Crippen MR) is 190 cm³/mol. The van der Waals surface area contributed by atoms with Gasteiger partial charge in [0.25, 0.3) is 5.91 Å². The van der Waals surface area contributed by atoms with E-state index < -0.39 is 5.97 Å². The van der Waals surface area contributed by atoms with Crippen molar-refractivity contribution in [2.24, 2.45) is 0 Å². The predicted octanol–water partition coefficient (Wildman–Crippen LogP) is 4.42. The number of carboxylic acids is 1. The van der Waals surface area contributed by atoms with E-state index in [1.165, 1.54) is 29.0 Å². The number of ether oxygens (including phenoxy) is 1. The second-order valence-electron chi connectivity index (χ2n) is 12.4. The van der Waals surface area contributed by atoms with Crippen molar-refractivity contribution in [3.8, 4) is 33.6 Å². The first-order chi connectivity index (χ1) is 24.7. The summed E-state index contributed by atoms with van der Waals surface area (Å²) in [7, 11) is 0. The number of amides is 1. The molecule has 1 fully saturated rings. The summed E-state index contributed by atoms with van der Waals surface area (Å²) in [6.07, 6.45) is 2.96. The van der Waals surface area contributed by atoms with Gasteiger partial charge in [-0.15, -0.1) is 10.2 Å². The number of hydrogen-bond acceptors (Lipinski definition) is 10. The molecule has 0 saturated carbocycles. The van der Waals surface area contributed by atoms with Gasteiger partial charge in [0.2, 0.25) is 0 Å². The Morgan fingerprint density at radius 1 is 0.725 bits per heavy atom. The Morgan fingerprint density at radius 3 is 1.69 bits per heavy atom. The minimum Gasteiger partial charge on any atom is -0.478 e. The van der Waals surface area contributed by atoms with Crippen molar-refractivity contribution in [3.05, 3.63) is 120 Å². The first-order valence-electron chi connectivity index (χ1n) is 16.5. The monoisotopic (exact) mass is 686 g/mol. The van der Waals surface area contributed by atoms with Crippen LogP contribution < -0.4 is 5.32 Å². The van der Waals surface area contributed by atoms with Crippen LogP contribution in [0.15, 0.2) is 97.6 Å². The van der Waals surface area contributed by atoms with Crippen LogP contribution >= 0.6 is 0 Å². The Balaban J connectivity index is 0.000000187. The Kier molecular flexibility index (Phi) is 10.9. The number of rotatable bonds is 9. The number of aryl methyl sites for hydroxylation is 2. The van der Waals surface area contributed by atoms with Gasteiger partial charge in [-0.25, -0.2) is 14.2 Å². The van der Waals surface area contributed by atoms with E-state index in [-0.39, 0.29) is 17.5 Å². The number of carbonyl (C=O) groups is 2. The molecule has 2 N–H and O–H groups in total. The molecule has 0 radical (unpaired) electrons. The highest BCUT2D eigenvalue weighted by molar-refractivity contribution is 5.96. The molecular formula is C37H38N10O4. The minimum atomic E-state index is -0.988. The lowest BCUT2D eigenvalue weighted by molar-refractivity contribution is 0.0342.